The van der Waals surface area contributed by atoms with Gasteiger partial charge in [0.25, 0.3) is 0 Å². The van der Waals surface area contributed by atoms with Crippen molar-refractivity contribution in [1.82, 2.24) is 35.1 Å². The van der Waals surface area contributed by atoms with Crippen LogP contribution >= 0.6 is 89.4 Å². The van der Waals surface area contributed by atoms with Crippen molar-refractivity contribution in [3.8, 4) is 0 Å². The van der Waals surface area contributed by atoms with Crippen LogP contribution in [0.3, 0.4) is 0 Å². The largest absolute Gasteiger partial charge is 0.444 e. The predicted octanol–water partition coefficient (Wildman–Crippen LogP) is 12.5. The van der Waals surface area contributed by atoms with E-state index in [1.807, 2.05) is 94.1 Å². The molecule has 1 saturated carbocycles. The second-order valence-electron chi connectivity index (χ2n) is 15.9. The van der Waals surface area contributed by atoms with Gasteiger partial charge in [0.1, 0.15) is 15.1 Å². The minimum atomic E-state index is -0.429. The number of nitrogens with two attached hydrogens (primary N) is 1. The van der Waals surface area contributed by atoms with E-state index in [4.69, 9.17) is 10.5 Å². The van der Waals surface area contributed by atoms with Crippen molar-refractivity contribution < 1.29 is 9.53 Å². The van der Waals surface area contributed by atoms with E-state index in [2.05, 4.69) is 130 Å². The average molecular weight is 1250 g/mol. The lowest BCUT2D eigenvalue weighted by Crippen LogP contribution is -2.44. The standard InChI is InChI=1S/C15H17BrN4.C15H23N3O2.C6H13N.C5H3BrIN.C5H4IN.CH4.ClH/c16-12-3-4-15(19-10-12)20(13-5-8-17-9-6-13)14-2-1-7-18-11-14;1-15(2,3)20-14(19)18-9-6-12(7-10-18)17-13-5-4-8-16-11-13;7-6-4-2-1-3-5-6;6-4-1-2-5(7)8-3-4;6-5-2-1-3-7-4-5;;/h1-4,7,10-11,13,17H,5-6,8-9H2;4-5,8,11-12,17H,6-7,9-10H2,1-3H3;6H,1-5,7H2;1-3H;1-4H;1H4;1H. The van der Waals surface area contributed by atoms with Crippen LogP contribution in [0.25, 0.3) is 0 Å². The number of pyridine rings is 5. The molecule has 12 nitrogen and oxygen atoms in total. The summed E-state index contributed by atoms with van der Waals surface area (Å²) in [6.07, 6.45) is 25.0. The molecule has 0 spiro atoms. The van der Waals surface area contributed by atoms with E-state index >= 15 is 0 Å². The summed E-state index contributed by atoms with van der Waals surface area (Å²) in [4.78, 5) is 36.8. The first kappa shape index (κ1) is 57.4. The quantitative estimate of drug-likeness (QED) is 0.114. The molecule has 1 aliphatic carbocycles. The molecule has 7 heterocycles. The van der Waals surface area contributed by atoms with Gasteiger partial charge in [-0.1, -0.05) is 26.7 Å². The SMILES string of the molecule is Brc1ccc(I)nc1.Brc1ccc(N(c2cccnc2)C2CCNCC2)nc1.C.CC(C)(C)OC(=O)N1CCC(Nc2cccnc2)CC1.Cl.Ic1cccnc1.NC1CCCCC1. The Morgan fingerprint density at radius 3 is 1.81 bits per heavy atom. The Bertz CT molecular complexity index is 1920. The molecule has 2 aliphatic heterocycles. The van der Waals surface area contributed by atoms with Gasteiger partial charge >= 0.3 is 6.09 Å². The smallest absolute Gasteiger partial charge is 0.410 e. The Hall–Kier alpha value is -2.75. The highest BCUT2D eigenvalue weighted by molar-refractivity contribution is 14.1. The molecule has 5 aromatic rings. The van der Waals surface area contributed by atoms with Crippen LogP contribution in [0.1, 0.15) is 86.0 Å². The van der Waals surface area contributed by atoms with Gasteiger partial charge in [-0.05, 0) is 210 Å². The molecule has 1 amide bonds. The molecule has 64 heavy (non-hydrogen) atoms. The van der Waals surface area contributed by atoms with Gasteiger partial charge in [-0.3, -0.25) is 15.0 Å². The van der Waals surface area contributed by atoms with Crippen LogP contribution in [0.15, 0.2) is 119 Å². The van der Waals surface area contributed by atoms with Crippen molar-refractivity contribution >= 4 is 113 Å². The summed E-state index contributed by atoms with van der Waals surface area (Å²) in [7, 11) is 0. The minimum absolute atomic E-state index is 0. The third kappa shape index (κ3) is 23.6. The second-order valence-corrected chi connectivity index (χ2v) is 20.1. The molecule has 17 heteroatoms. The van der Waals surface area contributed by atoms with Crippen molar-refractivity contribution in [3.63, 3.8) is 0 Å². The number of amides is 1. The molecule has 0 unspecified atom stereocenters. The number of hydrogen-bond acceptors (Lipinski definition) is 11. The van der Waals surface area contributed by atoms with Crippen molar-refractivity contribution in [2.24, 2.45) is 5.73 Å². The summed E-state index contributed by atoms with van der Waals surface area (Å²) in [6.45, 7) is 9.24. The number of carbonyl (C=O) groups is 1. The lowest BCUT2D eigenvalue weighted by Gasteiger charge is -2.35. The summed E-state index contributed by atoms with van der Waals surface area (Å²) >= 11 is 11.1. The Labute approximate surface area is 431 Å². The number of anilines is 3. The molecule has 2 saturated heterocycles. The van der Waals surface area contributed by atoms with Gasteiger partial charge < -0.3 is 30.9 Å². The molecule has 0 atom stereocenters. The number of hydrogen-bond donors (Lipinski definition) is 3. The lowest BCUT2D eigenvalue weighted by atomic mass is 9.97. The highest BCUT2D eigenvalue weighted by atomic mass is 127. The highest BCUT2D eigenvalue weighted by Crippen LogP contribution is 2.29. The Morgan fingerprint density at radius 2 is 1.38 bits per heavy atom. The molecular weight excluding hydrogens is 1190 g/mol. The lowest BCUT2D eigenvalue weighted by molar-refractivity contribution is 0.0210. The van der Waals surface area contributed by atoms with Crippen LogP contribution in [0, 0.1) is 7.27 Å². The maximum Gasteiger partial charge on any atom is 0.410 e. The van der Waals surface area contributed by atoms with Gasteiger partial charge in [0.05, 0.1) is 17.6 Å². The number of nitrogens with one attached hydrogen (secondary N) is 2. The fourth-order valence-corrected chi connectivity index (χ4v) is 7.81. The third-order valence-corrected chi connectivity index (χ3v) is 11.9. The fraction of sp³-hybridized carbons (Fsp3) is 0.447. The Morgan fingerprint density at radius 1 is 0.781 bits per heavy atom. The summed E-state index contributed by atoms with van der Waals surface area (Å²) < 4.78 is 9.61. The number of halogens is 5. The number of ether oxygens (including phenoxy) is 1. The third-order valence-electron chi connectivity index (χ3n) is 9.70. The summed E-state index contributed by atoms with van der Waals surface area (Å²) in [5, 5.41) is 6.86. The van der Waals surface area contributed by atoms with Crippen molar-refractivity contribution in [2.45, 2.75) is 110 Å². The van der Waals surface area contributed by atoms with Crippen LogP contribution < -0.4 is 21.3 Å². The number of carbonyl (C=O) groups excluding carboxylic acids is 1. The number of likely N-dealkylation sites (tertiary alicyclic amines) is 1. The Balaban J connectivity index is 0.000000296. The fourth-order valence-electron chi connectivity index (χ4n) is 6.65. The molecule has 0 radical (unpaired) electrons. The maximum atomic E-state index is 12.0. The molecule has 5 aromatic heterocycles. The van der Waals surface area contributed by atoms with Crippen LogP contribution in [0.4, 0.5) is 22.0 Å². The second kappa shape index (κ2) is 32.0. The number of piperidine rings is 2. The summed E-state index contributed by atoms with van der Waals surface area (Å²) in [5.41, 5.74) is 7.34. The zero-order valence-corrected chi connectivity index (χ0v) is 44.6. The first-order chi connectivity index (χ1) is 29.9. The van der Waals surface area contributed by atoms with E-state index in [1.165, 1.54) is 35.7 Å². The maximum absolute atomic E-state index is 12.0. The van der Waals surface area contributed by atoms with E-state index in [9.17, 15) is 4.79 Å². The molecule has 0 bridgehead atoms. The van der Waals surface area contributed by atoms with Gasteiger partial charge in [-0.15, -0.1) is 12.4 Å². The van der Waals surface area contributed by atoms with Crippen molar-refractivity contribution in [3.05, 3.63) is 126 Å². The number of aromatic nitrogens is 5. The highest BCUT2D eigenvalue weighted by Gasteiger charge is 2.27. The van der Waals surface area contributed by atoms with E-state index in [0.29, 0.717) is 18.1 Å². The molecule has 0 aromatic carbocycles. The predicted molar refractivity (Wildman–Crippen MR) is 290 cm³/mol. The van der Waals surface area contributed by atoms with E-state index in [-0.39, 0.29) is 25.9 Å². The normalized spacial score (nSPS) is 15.2. The first-order valence-corrected chi connectivity index (χ1v) is 24.8. The average Bonchev–Trinajstić information content (AvgIpc) is 3.28. The molecule has 350 valence electrons. The summed E-state index contributed by atoms with van der Waals surface area (Å²) in [6, 6.07) is 21.3. The van der Waals surface area contributed by atoms with Crippen molar-refractivity contribution in [1.29, 1.82) is 0 Å². The van der Waals surface area contributed by atoms with Crippen LogP contribution in [-0.2, 0) is 4.74 Å². The summed E-state index contributed by atoms with van der Waals surface area (Å²) in [5.74, 6) is 0.980. The van der Waals surface area contributed by atoms with Gasteiger partial charge in [0.15, 0.2) is 0 Å². The molecule has 3 fully saturated rings. The zero-order valence-electron chi connectivity index (χ0n) is 36.3. The van der Waals surface area contributed by atoms with E-state index < -0.39 is 5.60 Å². The van der Waals surface area contributed by atoms with Crippen molar-refractivity contribution in [2.75, 3.05) is 36.4 Å². The molecule has 3 aliphatic rings. The minimum Gasteiger partial charge on any atom is -0.444 e. The van der Waals surface area contributed by atoms with Crippen LogP contribution in [-0.4, -0.2) is 85.8 Å². The number of nitrogens with zero attached hydrogens (tertiary/aromatic N) is 7. The first-order valence-electron chi connectivity index (χ1n) is 21.1. The van der Waals surface area contributed by atoms with Gasteiger partial charge in [-0.25, -0.2) is 14.8 Å². The Kier molecular flexibility index (Phi) is 28.7. The van der Waals surface area contributed by atoms with Gasteiger partial charge in [0.2, 0.25) is 0 Å². The van der Waals surface area contributed by atoms with Crippen LogP contribution in [0.2, 0.25) is 0 Å². The zero-order chi connectivity index (χ0) is 44.6. The van der Waals surface area contributed by atoms with Crippen LogP contribution in [0.5, 0.6) is 0 Å². The number of rotatable bonds is 5. The van der Waals surface area contributed by atoms with E-state index in [0.717, 1.165) is 81.7 Å². The molecule has 8 rings (SSSR count). The molecular formula is C47H65Br2ClI2N10O2. The van der Waals surface area contributed by atoms with E-state index in [1.54, 1.807) is 29.7 Å². The topological polar surface area (TPSA) is 147 Å². The monoisotopic (exact) mass is 1250 g/mol. The molecule has 4 N–H and O–H groups in total. The van der Waals surface area contributed by atoms with Gasteiger partial charge in [0, 0.05) is 87.1 Å². The van der Waals surface area contributed by atoms with Gasteiger partial charge in [-0.2, -0.15) is 0 Å².